The van der Waals surface area contributed by atoms with Crippen LogP contribution in [0.25, 0.3) is 124 Å². The molecule has 15 aromatic heterocycles. The van der Waals surface area contributed by atoms with E-state index in [1.165, 1.54) is 28.6 Å². The summed E-state index contributed by atoms with van der Waals surface area (Å²) >= 11 is 0. The van der Waals surface area contributed by atoms with Gasteiger partial charge in [0, 0.05) is 175 Å². The molecule has 136 heavy (non-hydrogen) atoms. The summed E-state index contributed by atoms with van der Waals surface area (Å²) in [6.45, 7) is 4.75. The number of hydrogen-bond acceptors (Lipinski definition) is 19. The van der Waals surface area contributed by atoms with Crippen LogP contribution in [0.3, 0.4) is 0 Å². The Morgan fingerprint density at radius 1 is 0.324 bits per heavy atom. The molecular formula is C102H77F3Ir5N26-10. The zero-order valence-corrected chi connectivity index (χ0v) is 84.2. The van der Waals surface area contributed by atoms with E-state index in [0.29, 0.717) is 17.1 Å². The van der Waals surface area contributed by atoms with Crippen molar-refractivity contribution in [1.29, 1.82) is 0 Å². The van der Waals surface area contributed by atoms with Gasteiger partial charge in [-0.3, -0.25) is 55.6 Å². The Morgan fingerprint density at radius 3 is 1.05 bits per heavy atom. The van der Waals surface area contributed by atoms with Gasteiger partial charge in [-0.1, -0.05) is 139 Å². The van der Waals surface area contributed by atoms with Gasteiger partial charge in [0.05, 0.1) is 41.1 Å². The van der Waals surface area contributed by atoms with Gasteiger partial charge >= 0.3 is 6.18 Å². The van der Waals surface area contributed by atoms with Crippen LogP contribution in [0.1, 0.15) is 22.8 Å². The number of aryl methyl sites for hydroxylation is 3. The predicted molar refractivity (Wildman–Crippen MR) is 492 cm³/mol. The second-order valence-corrected chi connectivity index (χ2v) is 27.2. The van der Waals surface area contributed by atoms with Crippen molar-refractivity contribution in [3.05, 3.63) is 456 Å². The quantitative estimate of drug-likeness (QED) is 0.103. The molecule has 0 saturated heterocycles. The molecule has 0 fully saturated rings. The molecule has 0 aliphatic rings. The first-order chi connectivity index (χ1) is 64.4. The van der Waals surface area contributed by atoms with Crippen LogP contribution in [0.15, 0.2) is 403 Å². The maximum Gasteiger partial charge on any atom is 0.429 e. The van der Waals surface area contributed by atoms with Gasteiger partial charge < -0.3 is 74.7 Å². The third-order valence-corrected chi connectivity index (χ3v) is 18.0. The number of rotatable bonds is 12. The summed E-state index contributed by atoms with van der Waals surface area (Å²) in [5, 5.41) is 41.1. The van der Waals surface area contributed by atoms with Crippen molar-refractivity contribution in [3.8, 4) is 113 Å². The second kappa shape index (κ2) is 58.3. The average molecular weight is 2680 g/mol. The van der Waals surface area contributed by atoms with Crippen molar-refractivity contribution in [2.24, 2.45) is 7.05 Å². The summed E-state index contributed by atoms with van der Waals surface area (Å²) in [6.07, 6.45) is 21.6. The monoisotopic (exact) mass is 2690 g/mol. The molecule has 0 aliphatic carbocycles. The summed E-state index contributed by atoms with van der Waals surface area (Å²) in [5.41, 5.74) is 18.9. The van der Waals surface area contributed by atoms with Crippen molar-refractivity contribution in [2.45, 2.75) is 26.6 Å². The van der Waals surface area contributed by atoms with Crippen LogP contribution in [-0.2, 0) is 120 Å². The molecule has 7 aromatic carbocycles. The van der Waals surface area contributed by atoms with Crippen LogP contribution in [0.4, 0.5) is 13.2 Å². The van der Waals surface area contributed by atoms with Crippen LogP contribution >= 0.6 is 0 Å². The smallest absolute Gasteiger partial charge is 0.429 e. The number of hydrogen-bond donors (Lipinski definition) is 0. The Labute approximate surface area is 850 Å². The van der Waals surface area contributed by atoms with Crippen LogP contribution < -0.4 is 25.4 Å². The van der Waals surface area contributed by atoms with E-state index in [9.17, 15) is 13.2 Å². The maximum absolute atomic E-state index is 12.1. The van der Waals surface area contributed by atoms with Gasteiger partial charge in [0.15, 0.2) is 0 Å². The number of aromatic nitrogens is 26. The van der Waals surface area contributed by atoms with E-state index in [4.69, 9.17) is 0 Å². The van der Waals surface area contributed by atoms with E-state index in [1.54, 1.807) is 74.2 Å². The molecule has 0 atom stereocenters. The first-order valence-electron chi connectivity index (χ1n) is 40.4. The van der Waals surface area contributed by atoms with Gasteiger partial charge in [-0.15, -0.1) is 179 Å². The van der Waals surface area contributed by atoms with Crippen molar-refractivity contribution >= 4 is 10.8 Å². The number of halogens is 3. The molecule has 0 aliphatic heterocycles. The van der Waals surface area contributed by atoms with Crippen LogP contribution in [0, 0.1) is 44.2 Å². The molecule has 0 amide bonds. The Balaban J connectivity index is 0.000000186. The molecule has 34 heteroatoms. The van der Waals surface area contributed by atoms with E-state index in [2.05, 4.69) is 199 Å². The van der Waals surface area contributed by atoms with E-state index in [0.717, 1.165) is 103 Å². The summed E-state index contributed by atoms with van der Waals surface area (Å²) in [4.78, 5) is 53.6. The van der Waals surface area contributed by atoms with E-state index in [1.807, 2.05) is 299 Å². The normalized spacial score (nSPS) is 9.87. The number of pyridine rings is 8. The third-order valence-electron chi connectivity index (χ3n) is 18.0. The number of fused-ring (bicyclic) bond motifs is 1. The zero-order valence-electron chi connectivity index (χ0n) is 72.2. The molecule has 691 valence electrons. The van der Waals surface area contributed by atoms with Crippen LogP contribution in [0.2, 0.25) is 0 Å². The molecule has 0 N–H and O–H groups in total. The summed E-state index contributed by atoms with van der Waals surface area (Å²) in [5.74, 6) is -0.651. The van der Waals surface area contributed by atoms with Gasteiger partial charge in [-0.2, -0.15) is 13.2 Å². The fourth-order valence-corrected chi connectivity index (χ4v) is 11.6. The minimum atomic E-state index is -4.57. The molecule has 0 spiro atoms. The van der Waals surface area contributed by atoms with E-state index >= 15 is 0 Å². The molecule has 0 saturated carbocycles. The first kappa shape index (κ1) is 107. The third kappa shape index (κ3) is 34.4. The average Bonchev–Trinajstić information content (AvgIpc) is 1.05. The van der Waals surface area contributed by atoms with E-state index < -0.39 is 12.0 Å². The van der Waals surface area contributed by atoms with Gasteiger partial charge in [-0.25, -0.2) is 0 Å². The van der Waals surface area contributed by atoms with Crippen LogP contribution in [-0.4, -0.2) is 105 Å². The molecule has 22 aromatic rings. The van der Waals surface area contributed by atoms with Crippen LogP contribution in [0.5, 0.6) is 0 Å². The molecular weight excluding hydrogens is 2610 g/mol. The Bertz CT molecular complexity index is 6520. The SMILES string of the molecule is Cc1nc(-c2ccccn2)[n-]c1C.Cn1cnc(-c2[c-]cccc2)c1.FC(F)(F)c1n[n-]c(-c2ccccn2)n1.[Ir].[Ir].[Ir].[Ir].[Ir].[c-]1ccccc1-c1ccccn1.[c-]1ccccc1-c1ccccn1.[c-]1ccccc1-c1cn(Cc2ccccc2)cn1.[c-]1ccccc1-c1nccc2ccccc12.c1ccc(-c2cnn[n-]2)nc1.c1ccc(-c2cnn[n-]2)nc1.c1ccc(-c2cnn[n-]2)nc1. The van der Waals surface area contributed by atoms with Crippen molar-refractivity contribution in [1.82, 2.24) is 130 Å². The molecule has 5 radical (unpaired) electrons. The topological polar surface area (TPSA) is 325 Å². The number of alkyl halides is 3. The van der Waals surface area contributed by atoms with Crippen molar-refractivity contribution in [2.75, 3.05) is 0 Å². The molecule has 15 heterocycles. The van der Waals surface area contributed by atoms with Gasteiger partial charge in [0.25, 0.3) is 0 Å². The zero-order chi connectivity index (χ0) is 90.5. The summed E-state index contributed by atoms with van der Waals surface area (Å²) in [7, 11) is 1.96. The van der Waals surface area contributed by atoms with Gasteiger partial charge in [-0.05, 0) is 167 Å². The number of benzene rings is 7. The second-order valence-electron chi connectivity index (χ2n) is 27.2. The summed E-state index contributed by atoms with van der Waals surface area (Å²) in [6, 6.07) is 115. The summed E-state index contributed by atoms with van der Waals surface area (Å²) < 4.78 is 40.4. The fraction of sp³-hybridized carbons (Fsp3) is 0.0490. The predicted octanol–water partition coefficient (Wildman–Crippen LogP) is 18.8. The molecule has 0 unspecified atom stereocenters. The number of imidazole rings is 3. The first-order valence-corrected chi connectivity index (χ1v) is 40.4. The van der Waals surface area contributed by atoms with E-state index in [-0.39, 0.29) is 112 Å². The maximum atomic E-state index is 12.1. The standard InChI is InChI=1S/C16H13N2.C15H10N.2C11H8N.C10H10N3.C10H9N2.C8H4F3N4.3C7H5N4.5Ir/c1-3-7-14(8-4-1)11-18-12-16(17-13-18)15-9-5-2-6-10-15;1-2-7-13(8-3-1)15-14-9-5-4-6-12(14)10-11-16-15;2*1-2-6-10(7-3-1)11-8-4-5-9-12-11;1-7-8(2)13-10(12-7)9-5-3-4-6-11-9;1-12-7-10(11-8-12)9-5-3-2-4-6-9;9-8(10,11)7-13-6(14-15-7)5-3-1-2-4-12-5;3*1-2-4-8-6(3-1)7-5-9-11-10-7;;;;;/h1-9,12-13H,11H2;1-7,9-11H;2*1-6,8-9H;3-6H,1-2H3;2-5,7-8H,1H3;1-4H;3*1-5H;;;;;/q10*-1;;;;;. The molecule has 0 bridgehead atoms. The molecule has 22 rings (SSSR count). The van der Waals surface area contributed by atoms with Gasteiger partial charge in [0.1, 0.15) is 5.82 Å². The Kier molecular flexibility index (Phi) is 45.7. The Morgan fingerprint density at radius 2 is 0.691 bits per heavy atom. The van der Waals surface area contributed by atoms with Gasteiger partial charge in [0.2, 0.25) is 0 Å². The van der Waals surface area contributed by atoms with Crippen molar-refractivity contribution in [3.63, 3.8) is 0 Å². The Hall–Kier alpha value is -14.8. The number of nitrogens with zero attached hydrogens (tertiary/aromatic N) is 26. The fourth-order valence-electron chi connectivity index (χ4n) is 11.6. The van der Waals surface area contributed by atoms with Crippen molar-refractivity contribution < 1.29 is 114 Å². The minimum Gasteiger partial charge on any atom is -0.438 e. The molecule has 26 nitrogen and oxygen atoms in total. The minimum absolute atomic E-state index is 0. The largest absolute Gasteiger partial charge is 0.438 e.